The number of aromatic nitrogens is 3. The van der Waals surface area contributed by atoms with E-state index in [-0.39, 0.29) is 5.78 Å². The SMILES string of the molecule is CCCCCCN(CCCCCC)c1ccc(/C=c2/c(C(=O)CC)nc3c(-c4ccccc4C)c(C)nn23)c(C)c1. The van der Waals surface area contributed by atoms with Gasteiger partial charge in [-0.15, -0.1) is 0 Å². The molecular formula is C36H48N4O. The fourth-order valence-corrected chi connectivity index (χ4v) is 5.72. The number of unbranched alkanes of at least 4 members (excludes halogenated alkanes) is 6. The summed E-state index contributed by atoms with van der Waals surface area (Å²) >= 11 is 0. The van der Waals surface area contributed by atoms with Gasteiger partial charge in [-0.1, -0.05) is 89.6 Å². The van der Waals surface area contributed by atoms with E-state index in [4.69, 9.17) is 10.1 Å². The van der Waals surface area contributed by atoms with Gasteiger partial charge < -0.3 is 4.90 Å². The third kappa shape index (κ3) is 7.06. The van der Waals surface area contributed by atoms with E-state index in [9.17, 15) is 4.79 Å². The predicted molar refractivity (Wildman–Crippen MR) is 173 cm³/mol. The first kappa shape index (κ1) is 30.5. The average molecular weight is 553 g/mol. The number of hydrogen-bond acceptors (Lipinski definition) is 4. The molecule has 0 saturated heterocycles. The van der Waals surface area contributed by atoms with Crippen molar-refractivity contribution in [2.45, 2.75) is 99.3 Å². The van der Waals surface area contributed by atoms with Crippen LogP contribution in [0.25, 0.3) is 22.9 Å². The third-order valence-electron chi connectivity index (χ3n) is 8.20. The summed E-state index contributed by atoms with van der Waals surface area (Å²) in [5.74, 6) is 0.0368. The lowest BCUT2D eigenvalue weighted by molar-refractivity contribution is 0.0983. The Morgan fingerprint density at radius 3 is 2.15 bits per heavy atom. The van der Waals surface area contributed by atoms with Crippen LogP contribution in [-0.2, 0) is 0 Å². The molecule has 0 fully saturated rings. The molecule has 0 bridgehead atoms. The summed E-state index contributed by atoms with van der Waals surface area (Å²) in [6.07, 6.45) is 12.7. The number of rotatable bonds is 15. The molecule has 2 heterocycles. The molecule has 0 aliphatic carbocycles. The summed E-state index contributed by atoms with van der Waals surface area (Å²) in [5.41, 5.74) is 9.03. The van der Waals surface area contributed by atoms with Crippen molar-refractivity contribution in [3.05, 3.63) is 75.9 Å². The van der Waals surface area contributed by atoms with E-state index >= 15 is 0 Å². The largest absolute Gasteiger partial charge is 0.372 e. The van der Waals surface area contributed by atoms with Crippen molar-refractivity contribution in [1.29, 1.82) is 0 Å². The zero-order valence-corrected chi connectivity index (χ0v) is 26.1. The maximum absolute atomic E-state index is 13.1. The van der Waals surface area contributed by atoms with Gasteiger partial charge >= 0.3 is 0 Å². The summed E-state index contributed by atoms with van der Waals surface area (Å²) in [4.78, 5) is 20.6. The van der Waals surface area contributed by atoms with Crippen molar-refractivity contribution in [2.24, 2.45) is 0 Å². The van der Waals surface area contributed by atoms with Crippen molar-refractivity contribution in [1.82, 2.24) is 14.6 Å². The van der Waals surface area contributed by atoms with Crippen LogP contribution in [0.4, 0.5) is 5.69 Å². The van der Waals surface area contributed by atoms with Crippen LogP contribution < -0.4 is 10.2 Å². The summed E-state index contributed by atoms with van der Waals surface area (Å²) < 4.78 is 1.88. The average Bonchev–Trinajstić information content (AvgIpc) is 3.47. The summed E-state index contributed by atoms with van der Waals surface area (Å²) in [6, 6.07) is 15.1. The molecule has 0 spiro atoms. The number of ketones is 1. The van der Waals surface area contributed by atoms with Crippen molar-refractivity contribution in [3.8, 4) is 11.1 Å². The molecule has 2 aromatic heterocycles. The molecule has 0 aliphatic heterocycles. The van der Waals surface area contributed by atoms with Crippen LogP contribution >= 0.6 is 0 Å². The number of benzene rings is 2. The fourth-order valence-electron chi connectivity index (χ4n) is 5.72. The summed E-state index contributed by atoms with van der Waals surface area (Å²) in [7, 11) is 0. The minimum absolute atomic E-state index is 0.0368. The van der Waals surface area contributed by atoms with Gasteiger partial charge in [-0.25, -0.2) is 9.50 Å². The molecule has 5 nitrogen and oxygen atoms in total. The van der Waals surface area contributed by atoms with Gasteiger partial charge in [0.1, 0.15) is 5.69 Å². The Labute approximate surface area is 246 Å². The molecule has 5 heteroatoms. The Bertz CT molecular complexity index is 1500. The van der Waals surface area contributed by atoms with Crippen molar-refractivity contribution < 1.29 is 4.79 Å². The minimum atomic E-state index is 0.0368. The molecule has 0 saturated carbocycles. The quantitative estimate of drug-likeness (QED) is 0.110. The Hall–Kier alpha value is -3.47. The molecule has 4 rings (SSSR count). The molecule has 0 radical (unpaired) electrons. The number of carbonyl (C=O) groups is 1. The molecule has 0 aliphatic rings. The first-order valence-electron chi connectivity index (χ1n) is 15.7. The van der Waals surface area contributed by atoms with Gasteiger partial charge in [0, 0.05) is 30.8 Å². The van der Waals surface area contributed by atoms with Crippen LogP contribution in [0, 0.1) is 20.8 Å². The molecular weight excluding hydrogens is 504 g/mol. The van der Waals surface area contributed by atoms with E-state index in [0.717, 1.165) is 46.5 Å². The van der Waals surface area contributed by atoms with E-state index in [0.29, 0.717) is 12.1 Å². The Balaban J connectivity index is 1.74. The van der Waals surface area contributed by atoms with Crippen LogP contribution in [0.1, 0.15) is 111 Å². The smallest absolute Gasteiger partial charge is 0.183 e. The molecule has 0 N–H and O–H groups in total. The zero-order valence-electron chi connectivity index (χ0n) is 26.1. The molecule has 4 aromatic rings. The number of imidazole rings is 1. The normalized spacial score (nSPS) is 12.0. The van der Waals surface area contributed by atoms with Crippen molar-refractivity contribution in [3.63, 3.8) is 0 Å². The number of fused-ring (bicyclic) bond motifs is 1. The van der Waals surface area contributed by atoms with Gasteiger partial charge in [0.05, 0.1) is 11.0 Å². The van der Waals surface area contributed by atoms with E-state index < -0.39 is 0 Å². The first-order valence-corrected chi connectivity index (χ1v) is 15.7. The highest BCUT2D eigenvalue weighted by Gasteiger charge is 2.21. The Kier molecular flexibility index (Phi) is 10.7. The number of Topliss-reactive ketones (excluding diaryl/α,β-unsaturated/α-hetero) is 1. The predicted octanol–water partition coefficient (Wildman–Crippen LogP) is 8.43. The number of hydrogen-bond donors (Lipinski definition) is 0. The van der Waals surface area contributed by atoms with Gasteiger partial charge in [-0.05, 0) is 74.1 Å². The molecule has 0 atom stereocenters. The monoisotopic (exact) mass is 552 g/mol. The zero-order chi connectivity index (χ0) is 29.4. The highest BCUT2D eigenvalue weighted by Crippen LogP contribution is 2.30. The van der Waals surface area contributed by atoms with E-state index in [1.54, 1.807) is 0 Å². The van der Waals surface area contributed by atoms with Crippen molar-refractivity contribution >= 4 is 23.2 Å². The summed E-state index contributed by atoms with van der Waals surface area (Å²) in [5, 5.41) is 5.66. The van der Waals surface area contributed by atoms with Gasteiger partial charge in [-0.2, -0.15) is 5.10 Å². The second kappa shape index (κ2) is 14.4. The van der Waals surface area contributed by atoms with Gasteiger partial charge in [-0.3, -0.25) is 4.79 Å². The van der Waals surface area contributed by atoms with Crippen LogP contribution in [0.3, 0.4) is 0 Å². The Morgan fingerprint density at radius 1 is 0.854 bits per heavy atom. The number of carbonyl (C=O) groups excluding carboxylic acids is 1. The minimum Gasteiger partial charge on any atom is -0.372 e. The molecule has 218 valence electrons. The van der Waals surface area contributed by atoms with Gasteiger partial charge in [0.25, 0.3) is 0 Å². The highest BCUT2D eigenvalue weighted by molar-refractivity contribution is 5.96. The lowest BCUT2D eigenvalue weighted by Gasteiger charge is -2.26. The highest BCUT2D eigenvalue weighted by atomic mass is 16.1. The maximum atomic E-state index is 13.1. The van der Waals surface area contributed by atoms with Crippen LogP contribution in [0.5, 0.6) is 0 Å². The van der Waals surface area contributed by atoms with Crippen molar-refractivity contribution in [2.75, 3.05) is 18.0 Å². The second-order valence-electron chi connectivity index (χ2n) is 11.4. The van der Waals surface area contributed by atoms with Crippen LogP contribution in [-0.4, -0.2) is 33.5 Å². The second-order valence-corrected chi connectivity index (χ2v) is 11.4. The first-order chi connectivity index (χ1) is 19.9. The van der Waals surface area contributed by atoms with Crippen LogP contribution in [0.15, 0.2) is 42.5 Å². The summed E-state index contributed by atoms with van der Waals surface area (Å²) in [6.45, 7) is 14.9. The Morgan fingerprint density at radius 2 is 1.54 bits per heavy atom. The van der Waals surface area contributed by atoms with E-state index in [2.05, 4.69) is 69.0 Å². The van der Waals surface area contributed by atoms with Gasteiger partial charge in [0.15, 0.2) is 11.4 Å². The third-order valence-corrected chi connectivity index (χ3v) is 8.20. The number of anilines is 1. The molecule has 2 aromatic carbocycles. The number of nitrogens with zero attached hydrogens (tertiary/aromatic N) is 4. The molecule has 41 heavy (non-hydrogen) atoms. The maximum Gasteiger partial charge on any atom is 0.183 e. The van der Waals surface area contributed by atoms with E-state index in [1.807, 2.05) is 30.5 Å². The molecule has 0 amide bonds. The standard InChI is InChI=1S/C36H48N4O/c1-7-10-12-16-22-39(23-17-13-11-8-2)30-21-20-29(27(5)24-30)25-32-35(33(41)9-3)37-36-34(28(6)38-40(32)36)31-19-15-14-18-26(31)4/h14-15,18-21,24-25H,7-13,16-17,22-23H2,1-6H3/b32-25-. The lowest BCUT2D eigenvalue weighted by atomic mass is 10.0. The fraction of sp³-hybridized carbons (Fsp3) is 0.472. The molecule has 0 unspecified atom stereocenters. The van der Waals surface area contributed by atoms with E-state index in [1.165, 1.54) is 68.2 Å². The number of aryl methyl sites for hydroxylation is 3. The topological polar surface area (TPSA) is 50.5 Å². The lowest BCUT2D eigenvalue weighted by Crippen LogP contribution is -2.26. The van der Waals surface area contributed by atoms with Gasteiger partial charge in [0.2, 0.25) is 0 Å². The van der Waals surface area contributed by atoms with Crippen LogP contribution in [0.2, 0.25) is 0 Å².